The lowest BCUT2D eigenvalue weighted by molar-refractivity contribution is -0.136. The third-order valence-corrected chi connectivity index (χ3v) is 8.11. The van der Waals surface area contributed by atoms with E-state index >= 15 is 0 Å². The molecule has 1 N–H and O–H groups in total. The maximum atomic E-state index is 14.5. The minimum Gasteiger partial charge on any atom is -0.383 e. The minimum atomic E-state index is -0.504. The van der Waals surface area contributed by atoms with Crippen molar-refractivity contribution < 1.29 is 14.3 Å². The van der Waals surface area contributed by atoms with E-state index in [1.807, 2.05) is 64.5 Å². The number of piperazine rings is 1. The molecular weight excluding hydrogens is 488 g/mol. The molecule has 7 heteroatoms. The quantitative estimate of drug-likeness (QED) is 0.390. The number of rotatable bonds is 7. The van der Waals surface area contributed by atoms with Crippen LogP contribution in [0, 0.1) is 0 Å². The second-order valence-electron chi connectivity index (χ2n) is 10.4. The van der Waals surface area contributed by atoms with Gasteiger partial charge in [-0.3, -0.25) is 14.5 Å². The Morgan fingerprint density at radius 3 is 2.41 bits per heavy atom. The van der Waals surface area contributed by atoms with E-state index in [1.165, 1.54) is 5.56 Å². The molecule has 2 amide bonds. The number of fused-ring (bicyclic) bond motifs is 2. The summed E-state index contributed by atoms with van der Waals surface area (Å²) in [7, 11) is 1.64. The van der Waals surface area contributed by atoms with Crippen LogP contribution >= 0.6 is 0 Å². The Kier molecular flexibility index (Phi) is 7.18. The van der Waals surface area contributed by atoms with Gasteiger partial charge in [-0.15, -0.1) is 0 Å². The standard InChI is InChI=1S/C32H34N4O3/c1-39-20-19-36-30(27-21-33-28-14-8-7-11-24(27)28)29(25-12-5-6-13-26(25)31(36)37)32(38)35-17-15-34(16-18-35)22-23-9-3-2-4-10-23/h2-14,21,29-30,33H,15-20,22H2,1H3. The number of nitrogens with zero attached hydrogens (tertiary/aromatic N) is 3. The van der Waals surface area contributed by atoms with Crippen LogP contribution in [0.5, 0.6) is 0 Å². The molecule has 0 bridgehead atoms. The Morgan fingerprint density at radius 1 is 0.897 bits per heavy atom. The normalized spacial score (nSPS) is 19.9. The third kappa shape index (κ3) is 4.84. The number of carbonyl (C=O) groups excluding carboxylic acids is 2. The number of methoxy groups -OCH3 is 1. The average Bonchev–Trinajstić information content (AvgIpc) is 3.41. The second-order valence-corrected chi connectivity index (χ2v) is 10.4. The van der Waals surface area contributed by atoms with Gasteiger partial charge in [-0.1, -0.05) is 66.7 Å². The number of hydrogen-bond donors (Lipinski definition) is 1. The molecule has 0 aliphatic carbocycles. The molecule has 200 valence electrons. The highest BCUT2D eigenvalue weighted by atomic mass is 16.5. The van der Waals surface area contributed by atoms with Crippen LogP contribution in [0.1, 0.15) is 39.0 Å². The number of carbonyl (C=O) groups is 2. The predicted molar refractivity (Wildman–Crippen MR) is 151 cm³/mol. The maximum absolute atomic E-state index is 14.5. The van der Waals surface area contributed by atoms with E-state index in [1.54, 1.807) is 7.11 Å². The molecule has 1 saturated heterocycles. The number of para-hydroxylation sites is 1. The minimum absolute atomic E-state index is 0.0605. The highest BCUT2D eigenvalue weighted by Gasteiger charge is 2.46. The third-order valence-electron chi connectivity index (χ3n) is 8.11. The van der Waals surface area contributed by atoms with Crippen molar-refractivity contribution in [2.45, 2.75) is 18.5 Å². The van der Waals surface area contributed by atoms with Crippen molar-refractivity contribution in [3.05, 3.63) is 107 Å². The van der Waals surface area contributed by atoms with Crippen LogP contribution in [0.4, 0.5) is 0 Å². The number of benzene rings is 3. The summed E-state index contributed by atoms with van der Waals surface area (Å²) in [5.74, 6) is -0.489. The van der Waals surface area contributed by atoms with Crippen molar-refractivity contribution in [1.82, 2.24) is 19.7 Å². The zero-order chi connectivity index (χ0) is 26.8. The van der Waals surface area contributed by atoms with Gasteiger partial charge in [0.1, 0.15) is 0 Å². The predicted octanol–water partition coefficient (Wildman–Crippen LogP) is 4.44. The molecular formula is C32H34N4O3. The van der Waals surface area contributed by atoms with Gasteiger partial charge in [-0.05, 0) is 23.3 Å². The van der Waals surface area contributed by atoms with E-state index in [9.17, 15) is 9.59 Å². The Labute approximate surface area is 229 Å². The number of aromatic nitrogens is 1. The topological polar surface area (TPSA) is 68.9 Å². The smallest absolute Gasteiger partial charge is 0.254 e. The van der Waals surface area contributed by atoms with Gasteiger partial charge in [0.25, 0.3) is 5.91 Å². The largest absolute Gasteiger partial charge is 0.383 e. The first kappa shape index (κ1) is 25.3. The van der Waals surface area contributed by atoms with Gasteiger partial charge in [-0.25, -0.2) is 0 Å². The van der Waals surface area contributed by atoms with Crippen LogP contribution in [0.2, 0.25) is 0 Å². The second kappa shape index (κ2) is 11.0. The fourth-order valence-electron chi connectivity index (χ4n) is 6.14. The molecule has 7 nitrogen and oxygen atoms in total. The first-order valence-electron chi connectivity index (χ1n) is 13.7. The van der Waals surface area contributed by atoms with E-state index in [4.69, 9.17) is 4.74 Å². The van der Waals surface area contributed by atoms with Gasteiger partial charge >= 0.3 is 0 Å². The lowest BCUT2D eigenvalue weighted by atomic mass is 9.78. The zero-order valence-corrected chi connectivity index (χ0v) is 22.3. The Morgan fingerprint density at radius 2 is 1.62 bits per heavy atom. The summed E-state index contributed by atoms with van der Waals surface area (Å²) in [4.78, 5) is 37.9. The molecule has 2 unspecified atom stereocenters. The van der Waals surface area contributed by atoms with Crippen molar-refractivity contribution in [3.8, 4) is 0 Å². The first-order chi connectivity index (χ1) is 19.2. The van der Waals surface area contributed by atoms with Crippen LogP contribution in [-0.2, 0) is 16.1 Å². The summed E-state index contributed by atoms with van der Waals surface area (Å²) in [6.45, 7) is 4.65. The molecule has 6 rings (SSSR count). The summed E-state index contributed by atoms with van der Waals surface area (Å²) in [5.41, 5.74) is 4.65. The molecule has 3 aromatic carbocycles. The molecule has 2 aliphatic heterocycles. The summed E-state index contributed by atoms with van der Waals surface area (Å²) >= 11 is 0. The number of H-pyrrole nitrogens is 1. The number of amides is 2. The molecule has 0 radical (unpaired) electrons. The lowest BCUT2D eigenvalue weighted by Gasteiger charge is -2.44. The number of nitrogens with one attached hydrogen (secondary N) is 1. The molecule has 39 heavy (non-hydrogen) atoms. The summed E-state index contributed by atoms with van der Waals surface area (Å²) in [6.07, 6.45) is 1.97. The van der Waals surface area contributed by atoms with Crippen molar-refractivity contribution in [3.63, 3.8) is 0 Å². The molecule has 0 spiro atoms. The van der Waals surface area contributed by atoms with E-state index < -0.39 is 12.0 Å². The van der Waals surface area contributed by atoms with E-state index in [0.29, 0.717) is 31.8 Å². The molecule has 1 aromatic heterocycles. The van der Waals surface area contributed by atoms with Gasteiger partial charge < -0.3 is 19.5 Å². The van der Waals surface area contributed by atoms with Gasteiger partial charge in [0, 0.05) is 74.6 Å². The monoisotopic (exact) mass is 522 g/mol. The number of hydrogen-bond acceptors (Lipinski definition) is 4. The lowest BCUT2D eigenvalue weighted by Crippen LogP contribution is -2.53. The van der Waals surface area contributed by atoms with Gasteiger partial charge in [0.15, 0.2) is 0 Å². The highest BCUT2D eigenvalue weighted by Crippen LogP contribution is 2.45. The number of aromatic amines is 1. The van der Waals surface area contributed by atoms with Crippen molar-refractivity contribution in [2.75, 3.05) is 46.4 Å². The average molecular weight is 523 g/mol. The number of ether oxygens (including phenoxy) is 1. The van der Waals surface area contributed by atoms with Crippen LogP contribution in [-0.4, -0.2) is 77.9 Å². The molecule has 4 aromatic rings. The van der Waals surface area contributed by atoms with E-state index in [-0.39, 0.29) is 11.8 Å². The van der Waals surface area contributed by atoms with E-state index in [2.05, 4.69) is 40.2 Å². The van der Waals surface area contributed by atoms with Crippen LogP contribution in [0.15, 0.2) is 85.1 Å². The first-order valence-corrected chi connectivity index (χ1v) is 13.7. The highest BCUT2D eigenvalue weighted by molar-refractivity contribution is 6.02. The zero-order valence-electron chi connectivity index (χ0n) is 22.3. The molecule has 1 fully saturated rings. The Hall–Kier alpha value is -3.94. The SMILES string of the molecule is COCCN1C(=O)c2ccccc2C(C(=O)N2CCN(Cc3ccccc3)CC2)C1c1c[nH]c2ccccc12. The van der Waals surface area contributed by atoms with E-state index in [0.717, 1.165) is 41.7 Å². The van der Waals surface area contributed by atoms with Gasteiger partial charge in [0.05, 0.1) is 18.6 Å². The maximum Gasteiger partial charge on any atom is 0.254 e. The molecule has 2 atom stereocenters. The van der Waals surface area contributed by atoms with Crippen molar-refractivity contribution in [1.29, 1.82) is 0 Å². The van der Waals surface area contributed by atoms with Crippen LogP contribution in [0.25, 0.3) is 10.9 Å². The fourth-order valence-corrected chi connectivity index (χ4v) is 6.14. The van der Waals surface area contributed by atoms with Crippen LogP contribution < -0.4 is 0 Å². The van der Waals surface area contributed by atoms with Crippen molar-refractivity contribution >= 4 is 22.7 Å². The Balaban J connectivity index is 1.35. The summed E-state index contributed by atoms with van der Waals surface area (Å²) in [6, 6.07) is 25.7. The van der Waals surface area contributed by atoms with Gasteiger partial charge in [0.2, 0.25) is 5.91 Å². The summed E-state index contributed by atoms with van der Waals surface area (Å²) < 4.78 is 5.40. The molecule has 0 saturated carbocycles. The molecule has 2 aliphatic rings. The van der Waals surface area contributed by atoms with Gasteiger partial charge in [-0.2, -0.15) is 0 Å². The molecule has 3 heterocycles. The summed E-state index contributed by atoms with van der Waals surface area (Å²) in [5, 5.41) is 1.03. The van der Waals surface area contributed by atoms with Crippen LogP contribution in [0.3, 0.4) is 0 Å². The fraction of sp³-hybridized carbons (Fsp3) is 0.312. The Bertz CT molecular complexity index is 1460. The van der Waals surface area contributed by atoms with Crippen molar-refractivity contribution in [2.24, 2.45) is 0 Å².